The normalized spacial score (nSPS) is 12.9. The Bertz CT molecular complexity index is 737. The quantitative estimate of drug-likeness (QED) is 0.0861. The lowest BCUT2D eigenvalue weighted by Crippen LogP contribution is -2.32. The number of amidine groups is 1. The molecule has 0 aliphatic carbocycles. The highest BCUT2D eigenvalue weighted by molar-refractivity contribution is 7.89. The average Bonchev–Trinajstić information content (AvgIpc) is 2.70. The maximum absolute atomic E-state index is 12.2. The molecule has 0 atom stereocenters. The second-order valence-electron chi connectivity index (χ2n) is 7.01. The summed E-state index contributed by atoms with van der Waals surface area (Å²) in [6, 6.07) is 1.99. The number of nitro groups is 1. The number of terminal acetylenes is 1. The number of nitrogens with zero attached hydrogens (tertiary/aromatic N) is 4. The van der Waals surface area contributed by atoms with Crippen LogP contribution in [0.5, 0.6) is 0 Å². The molecule has 0 amide bonds. The van der Waals surface area contributed by atoms with Crippen LogP contribution in [-0.4, -0.2) is 42.0 Å². The zero-order valence-electron chi connectivity index (χ0n) is 18.5. The van der Waals surface area contributed by atoms with Gasteiger partial charge in [0.2, 0.25) is 10.0 Å². The third kappa shape index (κ3) is 12.4. The van der Waals surface area contributed by atoms with Crippen LogP contribution in [-0.2, 0) is 10.0 Å². The van der Waals surface area contributed by atoms with Crippen LogP contribution in [0.15, 0.2) is 21.9 Å². The monoisotopic (exact) mass is 440 g/mol. The fraction of sp³-hybridized carbons (Fsp3) is 0.714. The highest BCUT2D eigenvalue weighted by Crippen LogP contribution is 2.11. The second kappa shape index (κ2) is 16.6. The van der Waals surface area contributed by atoms with Crippen LogP contribution in [0.25, 0.3) is 0 Å². The van der Waals surface area contributed by atoms with Crippen molar-refractivity contribution in [3.05, 3.63) is 22.0 Å². The summed E-state index contributed by atoms with van der Waals surface area (Å²) < 4.78 is 25.2. The van der Waals surface area contributed by atoms with Gasteiger partial charge in [-0.25, -0.2) is 12.7 Å². The van der Waals surface area contributed by atoms with Gasteiger partial charge in [0.25, 0.3) is 0 Å². The smallest absolute Gasteiger partial charge is 0.286 e. The Balaban J connectivity index is 4.63. The molecular weight excluding hydrogens is 404 g/mol. The van der Waals surface area contributed by atoms with E-state index >= 15 is 0 Å². The lowest BCUT2D eigenvalue weighted by atomic mass is 10.1. The van der Waals surface area contributed by atoms with E-state index < -0.39 is 20.6 Å². The van der Waals surface area contributed by atoms with Crippen molar-refractivity contribution in [3.63, 3.8) is 0 Å². The van der Waals surface area contributed by atoms with Crippen LogP contribution in [0.1, 0.15) is 85.0 Å². The topological polar surface area (TPSA) is 105 Å². The molecule has 30 heavy (non-hydrogen) atoms. The third-order valence-corrected chi connectivity index (χ3v) is 6.23. The number of sulfonamides is 1. The zero-order valence-corrected chi connectivity index (χ0v) is 19.4. The van der Waals surface area contributed by atoms with Crippen LogP contribution in [0, 0.1) is 22.6 Å². The van der Waals surface area contributed by atoms with Crippen LogP contribution in [0.4, 0.5) is 0 Å². The molecule has 0 N–H and O–H groups in total. The Morgan fingerprint density at radius 2 is 1.60 bits per heavy atom. The first kappa shape index (κ1) is 27.8. The molecule has 0 spiro atoms. The van der Waals surface area contributed by atoms with Gasteiger partial charge in [-0.3, -0.25) is 15.1 Å². The van der Waals surface area contributed by atoms with E-state index in [0.29, 0.717) is 6.54 Å². The molecule has 0 radical (unpaired) electrons. The van der Waals surface area contributed by atoms with E-state index in [0.717, 1.165) is 36.0 Å². The Morgan fingerprint density at radius 3 is 2.07 bits per heavy atom. The van der Waals surface area contributed by atoms with E-state index in [2.05, 4.69) is 16.9 Å². The first-order valence-corrected chi connectivity index (χ1v) is 12.3. The predicted molar refractivity (Wildman–Crippen MR) is 124 cm³/mol. The van der Waals surface area contributed by atoms with Crippen LogP contribution < -0.4 is 0 Å². The van der Waals surface area contributed by atoms with Crippen molar-refractivity contribution < 1.29 is 13.3 Å². The summed E-state index contributed by atoms with van der Waals surface area (Å²) in [5, 5.41) is 11.3. The molecule has 0 fully saturated rings. The standard InChI is InChI=1S/C21H36N4O4S/c1-5-8-9-10-11-12-13-14-15-16-17-22-18-21(25(26)27)19-24(20(4)23-6-2)30(28,29)7-3/h2,18-19H,5,7-17H2,1,3-4H3/b21-19+,22-18+,23-20-. The van der Waals surface area contributed by atoms with Crippen molar-refractivity contribution >= 4 is 22.1 Å². The predicted octanol–water partition coefficient (Wildman–Crippen LogP) is 4.76. The Morgan fingerprint density at radius 1 is 1.07 bits per heavy atom. The summed E-state index contributed by atoms with van der Waals surface area (Å²) in [7, 11) is -3.80. The lowest BCUT2D eigenvalue weighted by Gasteiger charge is -2.17. The minimum Gasteiger partial charge on any atom is -0.286 e. The van der Waals surface area contributed by atoms with E-state index in [-0.39, 0.29) is 11.6 Å². The second-order valence-corrected chi connectivity index (χ2v) is 9.15. The first-order chi connectivity index (χ1) is 14.3. The van der Waals surface area contributed by atoms with Gasteiger partial charge in [-0.15, -0.1) is 0 Å². The minimum atomic E-state index is -3.80. The molecule has 0 saturated carbocycles. The molecule has 170 valence electrons. The molecule has 0 aliphatic heterocycles. The van der Waals surface area contributed by atoms with Gasteiger partial charge >= 0.3 is 5.70 Å². The molecule has 0 aliphatic rings. The minimum absolute atomic E-state index is 0.0400. The molecule has 0 unspecified atom stereocenters. The first-order valence-electron chi connectivity index (χ1n) is 10.7. The molecule has 0 aromatic carbocycles. The van der Waals surface area contributed by atoms with Gasteiger partial charge in [0, 0.05) is 12.6 Å². The molecule has 0 aromatic rings. The van der Waals surface area contributed by atoms with Crippen molar-refractivity contribution in [1.82, 2.24) is 4.31 Å². The van der Waals surface area contributed by atoms with Crippen molar-refractivity contribution in [2.45, 2.75) is 85.0 Å². The van der Waals surface area contributed by atoms with Gasteiger partial charge < -0.3 is 0 Å². The van der Waals surface area contributed by atoms with Crippen molar-refractivity contribution in [1.29, 1.82) is 0 Å². The van der Waals surface area contributed by atoms with Gasteiger partial charge in [0.05, 0.1) is 10.7 Å². The number of aliphatic imine (C=N–C) groups is 2. The fourth-order valence-electron chi connectivity index (χ4n) is 2.75. The summed E-state index contributed by atoms with van der Waals surface area (Å²) in [4.78, 5) is 18.3. The fourth-order valence-corrected chi connectivity index (χ4v) is 3.74. The van der Waals surface area contributed by atoms with E-state index in [1.54, 1.807) is 0 Å². The summed E-state index contributed by atoms with van der Waals surface area (Å²) in [6.45, 7) is 5.48. The number of hydrogen-bond acceptors (Lipinski definition) is 6. The van der Waals surface area contributed by atoms with Crippen molar-refractivity contribution in [3.8, 4) is 12.5 Å². The lowest BCUT2D eigenvalue weighted by molar-refractivity contribution is -0.414. The summed E-state index contributed by atoms with van der Waals surface area (Å²) in [6.07, 6.45) is 19.0. The Labute approximate surface area is 181 Å². The van der Waals surface area contributed by atoms with Crippen LogP contribution >= 0.6 is 0 Å². The summed E-state index contributed by atoms with van der Waals surface area (Å²) in [5.74, 6) is -0.288. The Hall–Kier alpha value is -2.21. The number of allylic oxidation sites excluding steroid dienone is 1. The maximum atomic E-state index is 12.2. The van der Waals surface area contributed by atoms with Gasteiger partial charge in [0.1, 0.15) is 18.3 Å². The van der Waals surface area contributed by atoms with Crippen LogP contribution in [0.2, 0.25) is 0 Å². The molecule has 8 nitrogen and oxygen atoms in total. The van der Waals surface area contributed by atoms with Gasteiger partial charge in [-0.05, 0) is 20.3 Å². The van der Waals surface area contributed by atoms with Gasteiger partial charge in [-0.1, -0.05) is 71.1 Å². The number of hydrogen-bond donors (Lipinski definition) is 0. The van der Waals surface area contributed by atoms with Gasteiger partial charge in [-0.2, -0.15) is 4.99 Å². The van der Waals surface area contributed by atoms with E-state index in [1.165, 1.54) is 58.8 Å². The molecule has 0 rings (SSSR count). The SMILES string of the molecule is C#C/N=C(/C)N(/C=C(\C=N\CCCCCCCCCCCC)[N+](=O)[O-])S(=O)(=O)CC. The van der Waals surface area contributed by atoms with Crippen LogP contribution in [0.3, 0.4) is 0 Å². The van der Waals surface area contributed by atoms with E-state index in [1.807, 2.05) is 6.04 Å². The summed E-state index contributed by atoms with van der Waals surface area (Å²) in [5.41, 5.74) is -0.439. The maximum Gasteiger partial charge on any atom is 0.304 e. The third-order valence-electron chi connectivity index (χ3n) is 4.53. The molecule has 0 saturated heterocycles. The Kier molecular flexibility index (Phi) is 15.4. The molecule has 0 bridgehead atoms. The molecule has 0 heterocycles. The van der Waals surface area contributed by atoms with E-state index in [9.17, 15) is 18.5 Å². The zero-order chi connectivity index (χ0) is 22.8. The molecule has 9 heteroatoms. The van der Waals surface area contributed by atoms with Crippen molar-refractivity contribution in [2.75, 3.05) is 12.3 Å². The average molecular weight is 441 g/mol. The highest BCUT2D eigenvalue weighted by Gasteiger charge is 2.23. The van der Waals surface area contributed by atoms with E-state index in [4.69, 9.17) is 6.42 Å². The largest absolute Gasteiger partial charge is 0.304 e. The molecule has 0 aromatic heterocycles. The van der Waals surface area contributed by atoms with Crippen molar-refractivity contribution in [2.24, 2.45) is 9.98 Å². The highest BCUT2D eigenvalue weighted by atomic mass is 32.2. The number of rotatable bonds is 16. The summed E-state index contributed by atoms with van der Waals surface area (Å²) >= 11 is 0. The number of unbranched alkanes of at least 4 members (excludes halogenated alkanes) is 9. The molecular formula is C21H36N4O4S. The van der Waals surface area contributed by atoms with Gasteiger partial charge in [0.15, 0.2) is 0 Å².